The fourth-order valence-corrected chi connectivity index (χ4v) is 5.14. The van der Waals surface area contributed by atoms with Gasteiger partial charge in [-0.3, -0.25) is 9.97 Å². The molecule has 5 rings (SSSR count). The van der Waals surface area contributed by atoms with E-state index in [1.54, 1.807) is 13.3 Å². The van der Waals surface area contributed by atoms with Crippen LogP contribution in [0.3, 0.4) is 0 Å². The zero-order valence-corrected chi connectivity index (χ0v) is 20.3. The SMILES string of the molecule is COc1ccccc1N1C(=S)N[C@@H](c2ccccn2)[C@H]1c1cc(C)n(Cc2cccnc2)c1C. The minimum Gasteiger partial charge on any atom is -0.495 e. The number of para-hydroxylation sites is 2. The number of methoxy groups -OCH3 is 1. The first-order chi connectivity index (χ1) is 16.6. The predicted octanol–water partition coefficient (Wildman–Crippen LogP) is 5.13. The van der Waals surface area contributed by atoms with E-state index >= 15 is 0 Å². The topological polar surface area (TPSA) is 55.2 Å². The lowest BCUT2D eigenvalue weighted by molar-refractivity contribution is 0.414. The van der Waals surface area contributed by atoms with Gasteiger partial charge >= 0.3 is 0 Å². The largest absolute Gasteiger partial charge is 0.495 e. The summed E-state index contributed by atoms with van der Waals surface area (Å²) in [5.74, 6) is 0.780. The highest BCUT2D eigenvalue weighted by Gasteiger charge is 2.43. The van der Waals surface area contributed by atoms with Crippen molar-refractivity contribution in [1.82, 2.24) is 19.9 Å². The average molecular weight is 470 g/mol. The molecule has 1 saturated heterocycles. The normalized spacial score (nSPS) is 17.6. The summed E-state index contributed by atoms with van der Waals surface area (Å²) in [6.45, 7) is 5.09. The summed E-state index contributed by atoms with van der Waals surface area (Å²) >= 11 is 5.89. The van der Waals surface area contributed by atoms with Crippen LogP contribution in [-0.2, 0) is 6.54 Å². The number of thiocarbonyl (C=S) groups is 1. The molecule has 7 heteroatoms. The highest BCUT2D eigenvalue weighted by molar-refractivity contribution is 7.80. The maximum Gasteiger partial charge on any atom is 0.174 e. The predicted molar refractivity (Wildman–Crippen MR) is 138 cm³/mol. The molecular weight excluding hydrogens is 442 g/mol. The quantitative estimate of drug-likeness (QED) is 0.395. The zero-order chi connectivity index (χ0) is 23.7. The first kappa shape index (κ1) is 22.1. The van der Waals surface area contributed by atoms with E-state index < -0.39 is 0 Å². The first-order valence-electron chi connectivity index (χ1n) is 11.3. The molecule has 4 heterocycles. The Bertz CT molecular complexity index is 1310. The van der Waals surface area contributed by atoms with Crippen molar-refractivity contribution in [1.29, 1.82) is 0 Å². The molecule has 0 bridgehead atoms. The molecule has 34 heavy (non-hydrogen) atoms. The lowest BCUT2D eigenvalue weighted by Crippen LogP contribution is -2.30. The molecule has 1 aliphatic rings. The van der Waals surface area contributed by atoms with Crippen LogP contribution >= 0.6 is 12.2 Å². The lowest BCUT2D eigenvalue weighted by atomic mass is 9.96. The van der Waals surface area contributed by atoms with Crippen molar-refractivity contribution in [2.45, 2.75) is 32.5 Å². The average Bonchev–Trinajstić information content (AvgIpc) is 3.36. The Balaban J connectivity index is 1.64. The monoisotopic (exact) mass is 469 g/mol. The minimum absolute atomic E-state index is 0.0902. The number of ether oxygens (including phenoxy) is 1. The second-order valence-corrected chi connectivity index (χ2v) is 8.83. The van der Waals surface area contributed by atoms with Crippen molar-refractivity contribution in [3.05, 3.63) is 107 Å². The Hall–Kier alpha value is -3.71. The maximum atomic E-state index is 5.89. The summed E-state index contributed by atoms with van der Waals surface area (Å²) in [6, 6.07) is 20.2. The molecule has 6 nitrogen and oxygen atoms in total. The van der Waals surface area contributed by atoms with Crippen molar-refractivity contribution in [2.75, 3.05) is 12.0 Å². The van der Waals surface area contributed by atoms with Crippen LogP contribution < -0.4 is 15.0 Å². The van der Waals surface area contributed by atoms with Gasteiger partial charge in [-0.05, 0) is 73.6 Å². The van der Waals surface area contributed by atoms with Crippen LogP contribution in [0.25, 0.3) is 0 Å². The summed E-state index contributed by atoms with van der Waals surface area (Å²) in [5, 5.41) is 4.20. The fourth-order valence-electron chi connectivity index (χ4n) is 4.80. The standard InChI is InChI=1S/C27H27N5OS/c1-18-15-21(19(2)31(18)17-20-9-8-13-28-16-20)26-25(22-10-6-7-14-29-22)30-27(34)32(26)23-11-4-5-12-24(23)33-3/h4-16,25-26H,17H2,1-3H3,(H,30,34)/t25-,26+/m0/s1. The van der Waals surface area contributed by atoms with Gasteiger partial charge in [-0.25, -0.2) is 0 Å². The van der Waals surface area contributed by atoms with Gasteiger partial charge in [0.15, 0.2) is 5.11 Å². The number of aromatic nitrogens is 3. The third-order valence-corrected chi connectivity index (χ3v) is 6.75. The van der Waals surface area contributed by atoms with Crippen LogP contribution in [0.1, 0.15) is 40.3 Å². The number of hydrogen-bond donors (Lipinski definition) is 1. The molecule has 0 saturated carbocycles. The van der Waals surface area contributed by atoms with Crippen molar-refractivity contribution in [3.63, 3.8) is 0 Å². The summed E-state index contributed by atoms with van der Waals surface area (Å²) in [5.41, 5.74) is 6.63. The van der Waals surface area contributed by atoms with Gasteiger partial charge < -0.3 is 19.5 Å². The number of pyridine rings is 2. The summed E-state index contributed by atoms with van der Waals surface area (Å²) in [6.07, 6.45) is 5.55. The Morgan fingerprint density at radius 1 is 1.03 bits per heavy atom. The number of aryl methyl sites for hydroxylation is 1. The number of benzene rings is 1. The van der Waals surface area contributed by atoms with Crippen LogP contribution in [0.5, 0.6) is 5.75 Å². The van der Waals surface area contributed by atoms with Crippen molar-refractivity contribution < 1.29 is 4.74 Å². The fraction of sp³-hybridized carbons (Fsp3) is 0.222. The van der Waals surface area contributed by atoms with E-state index in [4.69, 9.17) is 17.0 Å². The molecule has 0 unspecified atom stereocenters. The molecular formula is C27H27N5OS. The van der Waals surface area contributed by atoms with Crippen LogP contribution in [0.15, 0.2) is 79.3 Å². The van der Waals surface area contributed by atoms with Gasteiger partial charge in [0.1, 0.15) is 5.75 Å². The molecule has 0 spiro atoms. The Labute approximate surface area is 205 Å². The van der Waals surface area contributed by atoms with Crippen molar-refractivity contribution in [3.8, 4) is 5.75 Å². The number of hydrogen-bond acceptors (Lipinski definition) is 4. The van der Waals surface area contributed by atoms with Crippen LogP contribution in [0.4, 0.5) is 5.69 Å². The highest BCUT2D eigenvalue weighted by Crippen LogP contribution is 2.45. The van der Waals surface area contributed by atoms with Crippen LogP contribution in [0.2, 0.25) is 0 Å². The molecule has 0 amide bonds. The van der Waals surface area contributed by atoms with E-state index in [9.17, 15) is 0 Å². The molecule has 1 aromatic carbocycles. The van der Waals surface area contributed by atoms with Gasteiger partial charge in [0.05, 0.1) is 30.6 Å². The Kier molecular flexibility index (Phi) is 6.02. The number of nitrogens with zero attached hydrogens (tertiary/aromatic N) is 4. The van der Waals surface area contributed by atoms with E-state index in [2.05, 4.69) is 56.8 Å². The molecule has 0 radical (unpaired) electrons. The van der Waals surface area contributed by atoms with E-state index in [1.165, 1.54) is 22.5 Å². The first-order valence-corrected chi connectivity index (χ1v) is 11.7. The van der Waals surface area contributed by atoms with Crippen LogP contribution in [0, 0.1) is 13.8 Å². The van der Waals surface area contributed by atoms with E-state index in [0.717, 1.165) is 23.7 Å². The molecule has 4 aromatic rings. The number of rotatable bonds is 6. The van der Waals surface area contributed by atoms with Gasteiger partial charge in [0, 0.05) is 36.5 Å². The summed E-state index contributed by atoms with van der Waals surface area (Å²) in [7, 11) is 1.69. The molecule has 0 aliphatic carbocycles. The Morgan fingerprint density at radius 2 is 1.85 bits per heavy atom. The second kappa shape index (κ2) is 9.27. The van der Waals surface area contributed by atoms with E-state index in [-0.39, 0.29) is 12.1 Å². The molecule has 3 aromatic heterocycles. The molecule has 1 N–H and O–H groups in total. The minimum atomic E-state index is -0.106. The number of nitrogens with one attached hydrogen (secondary N) is 1. The Morgan fingerprint density at radius 3 is 2.59 bits per heavy atom. The molecule has 172 valence electrons. The van der Waals surface area contributed by atoms with Crippen molar-refractivity contribution >= 4 is 23.0 Å². The molecule has 1 aliphatic heterocycles. The van der Waals surface area contributed by atoms with E-state index in [1.807, 2.05) is 54.9 Å². The van der Waals surface area contributed by atoms with Crippen molar-refractivity contribution in [2.24, 2.45) is 0 Å². The smallest absolute Gasteiger partial charge is 0.174 e. The highest BCUT2D eigenvalue weighted by atomic mass is 32.1. The van der Waals surface area contributed by atoms with Crippen LogP contribution in [-0.4, -0.2) is 26.8 Å². The van der Waals surface area contributed by atoms with Gasteiger partial charge in [0.2, 0.25) is 0 Å². The molecule has 1 fully saturated rings. The summed E-state index contributed by atoms with van der Waals surface area (Å²) in [4.78, 5) is 11.1. The van der Waals surface area contributed by atoms with E-state index in [0.29, 0.717) is 5.11 Å². The van der Waals surface area contributed by atoms with Gasteiger partial charge in [0.25, 0.3) is 0 Å². The third-order valence-electron chi connectivity index (χ3n) is 6.44. The maximum absolute atomic E-state index is 5.89. The lowest BCUT2D eigenvalue weighted by Gasteiger charge is -2.29. The van der Waals surface area contributed by atoms with Gasteiger partial charge in [-0.2, -0.15) is 0 Å². The zero-order valence-electron chi connectivity index (χ0n) is 19.5. The third kappa shape index (κ3) is 3.92. The number of anilines is 1. The summed E-state index contributed by atoms with van der Waals surface area (Å²) < 4.78 is 8.05. The van der Waals surface area contributed by atoms with Gasteiger partial charge in [-0.1, -0.05) is 24.3 Å². The molecule has 2 atom stereocenters. The van der Waals surface area contributed by atoms with Gasteiger partial charge in [-0.15, -0.1) is 0 Å². The second-order valence-electron chi connectivity index (χ2n) is 8.44.